The molecule has 6 heteroatoms. The number of aliphatic hydroxyl groups excluding tert-OH is 1. The average molecular weight is 355 g/mol. The molecule has 1 aromatic rings. The molecule has 0 bridgehead atoms. The number of rotatable bonds is 6. The van der Waals surface area contributed by atoms with Gasteiger partial charge in [-0.15, -0.1) is 0 Å². The first-order valence-electron chi connectivity index (χ1n) is 8.70. The van der Waals surface area contributed by atoms with Gasteiger partial charge < -0.3 is 5.11 Å². The van der Waals surface area contributed by atoms with E-state index >= 15 is 0 Å². The number of piperidine rings is 1. The lowest BCUT2D eigenvalue weighted by Crippen LogP contribution is -2.45. The van der Waals surface area contributed by atoms with Crippen LogP contribution in [0.2, 0.25) is 0 Å². The van der Waals surface area contributed by atoms with Gasteiger partial charge in [0.1, 0.15) is 0 Å². The van der Waals surface area contributed by atoms with Gasteiger partial charge in [0.2, 0.25) is 10.0 Å². The lowest BCUT2D eigenvalue weighted by Gasteiger charge is -2.34. The number of aryl methyl sites for hydroxylation is 2. The largest absolute Gasteiger partial charge is 0.395 e. The zero-order valence-electron chi connectivity index (χ0n) is 15.2. The van der Waals surface area contributed by atoms with E-state index in [4.69, 9.17) is 0 Å². The van der Waals surface area contributed by atoms with Crippen LogP contribution < -0.4 is 4.72 Å². The van der Waals surface area contributed by atoms with Gasteiger partial charge in [-0.25, -0.2) is 13.1 Å². The van der Waals surface area contributed by atoms with Gasteiger partial charge in [-0.2, -0.15) is 0 Å². The van der Waals surface area contributed by atoms with Crippen molar-refractivity contribution < 1.29 is 13.5 Å². The topological polar surface area (TPSA) is 69.6 Å². The number of aliphatic hydroxyl groups is 1. The van der Waals surface area contributed by atoms with Crippen LogP contribution in [-0.2, 0) is 10.0 Å². The Morgan fingerprint density at radius 1 is 1.17 bits per heavy atom. The number of hydrogen-bond acceptors (Lipinski definition) is 4. The van der Waals surface area contributed by atoms with Gasteiger partial charge in [0, 0.05) is 19.1 Å². The van der Waals surface area contributed by atoms with E-state index in [0.717, 1.165) is 48.1 Å². The maximum absolute atomic E-state index is 12.8. The molecular weight excluding hydrogens is 324 g/mol. The van der Waals surface area contributed by atoms with Crippen molar-refractivity contribution in [3.63, 3.8) is 0 Å². The monoisotopic (exact) mass is 354 g/mol. The first kappa shape index (κ1) is 19.4. The van der Waals surface area contributed by atoms with Crippen molar-refractivity contribution in [2.24, 2.45) is 0 Å². The molecule has 1 atom stereocenters. The summed E-state index contributed by atoms with van der Waals surface area (Å²) in [6, 6.07) is 2.19. The van der Waals surface area contributed by atoms with Crippen LogP contribution in [0.15, 0.2) is 11.0 Å². The SMILES string of the molecule is Cc1cc(C)c(C)c(S(=O)(=O)NCCN2CCCC[C@@H]2CO)c1C. The van der Waals surface area contributed by atoms with Gasteiger partial charge in [-0.05, 0) is 69.3 Å². The van der Waals surface area contributed by atoms with E-state index in [-0.39, 0.29) is 12.6 Å². The van der Waals surface area contributed by atoms with E-state index < -0.39 is 10.0 Å². The Kier molecular flexibility index (Phi) is 6.42. The molecule has 0 aliphatic carbocycles. The first-order chi connectivity index (χ1) is 11.3. The fraction of sp³-hybridized carbons (Fsp3) is 0.667. The minimum atomic E-state index is -3.53. The Morgan fingerprint density at radius 2 is 1.79 bits per heavy atom. The van der Waals surface area contributed by atoms with Gasteiger partial charge in [0.05, 0.1) is 11.5 Å². The highest BCUT2D eigenvalue weighted by Crippen LogP contribution is 2.25. The molecule has 0 saturated carbocycles. The first-order valence-corrected chi connectivity index (χ1v) is 10.2. The molecule has 1 aliphatic rings. The Labute approximate surface area is 146 Å². The van der Waals surface area contributed by atoms with Crippen LogP contribution in [0.3, 0.4) is 0 Å². The van der Waals surface area contributed by atoms with Crippen molar-refractivity contribution in [2.45, 2.75) is 57.9 Å². The lowest BCUT2D eigenvalue weighted by atomic mass is 10.0. The van der Waals surface area contributed by atoms with Crippen LogP contribution in [-0.4, -0.2) is 50.7 Å². The van der Waals surface area contributed by atoms with Gasteiger partial charge in [-0.1, -0.05) is 12.5 Å². The highest BCUT2D eigenvalue weighted by atomic mass is 32.2. The molecule has 5 nitrogen and oxygen atoms in total. The number of benzene rings is 1. The third kappa shape index (κ3) is 4.17. The zero-order chi connectivity index (χ0) is 17.9. The fourth-order valence-corrected chi connectivity index (χ4v) is 5.17. The minimum Gasteiger partial charge on any atom is -0.395 e. The van der Waals surface area contributed by atoms with Crippen molar-refractivity contribution >= 4 is 10.0 Å². The lowest BCUT2D eigenvalue weighted by molar-refractivity contribution is 0.0923. The summed E-state index contributed by atoms with van der Waals surface area (Å²) in [6.45, 7) is 9.68. The predicted molar refractivity (Wildman–Crippen MR) is 96.9 cm³/mol. The van der Waals surface area contributed by atoms with Crippen LogP contribution in [0.4, 0.5) is 0 Å². The molecule has 1 heterocycles. The third-order valence-electron chi connectivity index (χ3n) is 5.22. The van der Waals surface area contributed by atoms with Crippen molar-refractivity contribution in [1.29, 1.82) is 0 Å². The van der Waals surface area contributed by atoms with Gasteiger partial charge in [0.15, 0.2) is 0 Å². The van der Waals surface area contributed by atoms with E-state index in [0.29, 0.717) is 18.0 Å². The van der Waals surface area contributed by atoms with E-state index in [9.17, 15) is 13.5 Å². The molecular formula is C18H30N2O3S. The smallest absolute Gasteiger partial charge is 0.241 e. The summed E-state index contributed by atoms with van der Waals surface area (Å²) in [5, 5.41) is 9.45. The molecule has 0 spiro atoms. The minimum absolute atomic E-state index is 0.141. The Hall–Kier alpha value is -0.950. The number of hydrogen-bond donors (Lipinski definition) is 2. The highest BCUT2D eigenvalue weighted by molar-refractivity contribution is 7.89. The van der Waals surface area contributed by atoms with Crippen LogP contribution in [0.25, 0.3) is 0 Å². The molecule has 136 valence electrons. The van der Waals surface area contributed by atoms with Crippen LogP contribution >= 0.6 is 0 Å². The Morgan fingerprint density at radius 3 is 2.38 bits per heavy atom. The quantitative estimate of drug-likeness (QED) is 0.820. The zero-order valence-corrected chi connectivity index (χ0v) is 16.0. The van der Waals surface area contributed by atoms with E-state index in [1.807, 2.05) is 33.8 Å². The summed E-state index contributed by atoms with van der Waals surface area (Å²) in [5.74, 6) is 0. The molecule has 0 amide bonds. The standard InChI is InChI=1S/C18H30N2O3S/c1-13-11-14(2)16(4)18(15(13)3)24(22,23)19-8-10-20-9-6-5-7-17(20)12-21/h11,17,19,21H,5-10,12H2,1-4H3/t17-/m1/s1. The molecule has 2 rings (SSSR count). The van der Waals surface area contributed by atoms with Crippen LogP contribution in [0.5, 0.6) is 0 Å². The highest BCUT2D eigenvalue weighted by Gasteiger charge is 2.24. The number of likely N-dealkylation sites (tertiary alicyclic amines) is 1. The maximum Gasteiger partial charge on any atom is 0.241 e. The average Bonchev–Trinajstić information content (AvgIpc) is 2.53. The summed E-state index contributed by atoms with van der Waals surface area (Å²) >= 11 is 0. The summed E-state index contributed by atoms with van der Waals surface area (Å²) in [5.41, 5.74) is 3.62. The van der Waals surface area contributed by atoms with E-state index in [1.54, 1.807) is 0 Å². The summed E-state index contributed by atoms with van der Waals surface area (Å²) in [7, 11) is -3.53. The molecule has 0 unspecified atom stereocenters. The summed E-state index contributed by atoms with van der Waals surface area (Å²) in [4.78, 5) is 2.60. The fourth-order valence-electron chi connectivity index (χ4n) is 3.54. The number of sulfonamides is 1. The molecule has 1 aliphatic heterocycles. The van der Waals surface area contributed by atoms with Gasteiger partial charge >= 0.3 is 0 Å². The van der Waals surface area contributed by atoms with Crippen molar-refractivity contribution in [3.8, 4) is 0 Å². The number of nitrogens with one attached hydrogen (secondary N) is 1. The molecule has 1 aromatic carbocycles. The van der Waals surface area contributed by atoms with Gasteiger partial charge in [-0.3, -0.25) is 4.90 Å². The normalized spacial score (nSPS) is 19.6. The molecule has 1 saturated heterocycles. The second-order valence-electron chi connectivity index (χ2n) is 6.86. The molecule has 24 heavy (non-hydrogen) atoms. The second kappa shape index (κ2) is 7.95. The summed E-state index contributed by atoms with van der Waals surface area (Å²) < 4.78 is 28.3. The second-order valence-corrected chi connectivity index (χ2v) is 8.56. The molecule has 1 fully saturated rings. The van der Waals surface area contributed by atoms with Crippen LogP contribution in [0, 0.1) is 27.7 Å². The van der Waals surface area contributed by atoms with E-state index in [1.165, 1.54) is 0 Å². The van der Waals surface area contributed by atoms with Crippen molar-refractivity contribution in [2.75, 3.05) is 26.2 Å². The summed E-state index contributed by atoms with van der Waals surface area (Å²) in [6.07, 6.45) is 3.23. The van der Waals surface area contributed by atoms with Crippen LogP contribution in [0.1, 0.15) is 41.5 Å². The Bertz CT molecular complexity index is 660. The number of nitrogens with zero attached hydrogens (tertiary/aromatic N) is 1. The Balaban J connectivity index is 2.10. The third-order valence-corrected chi connectivity index (χ3v) is 6.95. The molecule has 2 N–H and O–H groups in total. The molecule has 0 radical (unpaired) electrons. The maximum atomic E-state index is 12.8. The molecule has 0 aromatic heterocycles. The predicted octanol–water partition coefficient (Wildman–Crippen LogP) is 2.05. The van der Waals surface area contributed by atoms with E-state index in [2.05, 4.69) is 9.62 Å². The van der Waals surface area contributed by atoms with Gasteiger partial charge in [0.25, 0.3) is 0 Å². The van der Waals surface area contributed by atoms with Crippen molar-refractivity contribution in [3.05, 3.63) is 28.3 Å². The van der Waals surface area contributed by atoms with Crippen molar-refractivity contribution in [1.82, 2.24) is 9.62 Å².